The van der Waals surface area contributed by atoms with Crippen molar-refractivity contribution in [3.05, 3.63) is 101 Å². The molecule has 0 aromatic heterocycles. The molecule has 0 radical (unpaired) electrons. The van der Waals surface area contributed by atoms with Gasteiger partial charge in [-0.25, -0.2) is 13.6 Å². The molecule has 0 unspecified atom stereocenters. The van der Waals surface area contributed by atoms with Crippen LogP contribution in [0, 0.1) is 11.6 Å². The maximum atomic E-state index is 13.4. The zero-order chi connectivity index (χ0) is 22.6. The maximum Gasteiger partial charge on any atom is 0.416 e. The van der Waals surface area contributed by atoms with Crippen LogP contribution < -0.4 is 10.7 Å². The van der Waals surface area contributed by atoms with Gasteiger partial charge in [0.1, 0.15) is 11.6 Å². The average Bonchev–Trinajstić information content (AvgIpc) is 2.72. The van der Waals surface area contributed by atoms with Gasteiger partial charge in [-0.05, 0) is 59.7 Å². The minimum Gasteiger partial charge on any atom is -0.350 e. The zero-order valence-electron chi connectivity index (χ0n) is 15.9. The van der Waals surface area contributed by atoms with E-state index in [9.17, 15) is 26.7 Å². The van der Waals surface area contributed by atoms with Crippen LogP contribution in [0.5, 0.6) is 0 Å². The van der Waals surface area contributed by atoms with E-state index >= 15 is 0 Å². The number of carbonyl (C=O) groups excluding carboxylic acids is 1. The summed E-state index contributed by atoms with van der Waals surface area (Å²) in [5.74, 6) is -0.924. The molecule has 3 aromatic carbocycles. The molecule has 3 rings (SSSR count). The summed E-state index contributed by atoms with van der Waals surface area (Å²) in [5.41, 5.74) is 5.88. The molecule has 0 fully saturated rings. The van der Waals surface area contributed by atoms with Crippen molar-refractivity contribution >= 4 is 17.4 Å². The summed E-state index contributed by atoms with van der Waals surface area (Å²) in [4.78, 5) is 12.0. The highest BCUT2D eigenvalue weighted by atomic mass is 19.4. The van der Waals surface area contributed by atoms with Crippen molar-refractivity contribution in [2.45, 2.75) is 12.6 Å². The van der Waals surface area contributed by atoms with Crippen LogP contribution >= 0.6 is 0 Å². The van der Waals surface area contributed by atoms with Gasteiger partial charge in [-0.3, -0.25) is 0 Å². The van der Waals surface area contributed by atoms with Crippen molar-refractivity contribution in [3.8, 4) is 0 Å². The van der Waals surface area contributed by atoms with E-state index < -0.39 is 29.4 Å². The molecule has 2 N–H and O–H groups in total. The van der Waals surface area contributed by atoms with E-state index in [0.29, 0.717) is 11.1 Å². The highest BCUT2D eigenvalue weighted by molar-refractivity contribution is 6.04. The summed E-state index contributed by atoms with van der Waals surface area (Å²) < 4.78 is 65.0. The summed E-state index contributed by atoms with van der Waals surface area (Å²) in [6, 6.07) is 13.5. The molecule has 0 aliphatic carbocycles. The number of primary amides is 1. The van der Waals surface area contributed by atoms with Crippen LogP contribution in [0.2, 0.25) is 0 Å². The van der Waals surface area contributed by atoms with E-state index in [1.807, 2.05) is 0 Å². The normalized spacial score (nSPS) is 12.0. The van der Waals surface area contributed by atoms with Crippen LogP contribution in [0.3, 0.4) is 0 Å². The molecular formula is C22H16F5N3O. The Labute approximate surface area is 174 Å². The molecule has 0 aliphatic heterocycles. The number of anilines is 1. The number of carbonyl (C=O) groups is 1. The first-order valence-electron chi connectivity index (χ1n) is 8.98. The fraction of sp³-hybridized carbons (Fsp3) is 0.0909. The van der Waals surface area contributed by atoms with Crippen LogP contribution in [0.15, 0.2) is 77.9 Å². The first-order valence-corrected chi connectivity index (χ1v) is 8.98. The Balaban J connectivity index is 2.03. The third-order valence-corrected chi connectivity index (χ3v) is 4.33. The van der Waals surface area contributed by atoms with Crippen LogP contribution in [-0.2, 0) is 12.6 Å². The summed E-state index contributed by atoms with van der Waals surface area (Å²) in [6.45, 7) is 0. The smallest absolute Gasteiger partial charge is 0.350 e. The Morgan fingerprint density at radius 1 is 0.839 bits per heavy atom. The third kappa shape index (κ3) is 5.65. The number of nitrogens with zero attached hydrogens (tertiary/aromatic N) is 2. The van der Waals surface area contributed by atoms with Crippen LogP contribution in [0.1, 0.15) is 16.7 Å². The van der Waals surface area contributed by atoms with Gasteiger partial charge >= 0.3 is 12.2 Å². The van der Waals surface area contributed by atoms with Crippen molar-refractivity contribution in [2.75, 3.05) is 5.01 Å². The SMILES string of the molecule is NC(=O)N(/N=C(/Cc1ccc(F)cc1)c1ccc(F)cc1)c1ccc(C(F)(F)F)cc1. The molecule has 0 spiro atoms. The van der Waals surface area contributed by atoms with Crippen molar-refractivity contribution < 1.29 is 26.7 Å². The molecule has 3 aromatic rings. The summed E-state index contributed by atoms with van der Waals surface area (Å²) in [7, 11) is 0. The lowest BCUT2D eigenvalue weighted by Crippen LogP contribution is -2.32. The topological polar surface area (TPSA) is 58.7 Å². The summed E-state index contributed by atoms with van der Waals surface area (Å²) in [5, 5.41) is 4.99. The lowest BCUT2D eigenvalue weighted by atomic mass is 10.0. The highest BCUT2D eigenvalue weighted by Crippen LogP contribution is 2.30. The summed E-state index contributed by atoms with van der Waals surface area (Å²) >= 11 is 0. The van der Waals surface area contributed by atoms with Gasteiger partial charge in [-0.2, -0.15) is 23.3 Å². The highest BCUT2D eigenvalue weighted by Gasteiger charge is 2.30. The van der Waals surface area contributed by atoms with Gasteiger partial charge in [-0.15, -0.1) is 0 Å². The number of rotatable bonds is 5. The molecule has 31 heavy (non-hydrogen) atoms. The molecular weight excluding hydrogens is 417 g/mol. The Bertz CT molecular complexity index is 1080. The average molecular weight is 433 g/mol. The number of halogens is 5. The second-order valence-corrected chi connectivity index (χ2v) is 6.55. The van der Waals surface area contributed by atoms with Gasteiger partial charge in [0.15, 0.2) is 0 Å². The predicted octanol–water partition coefficient (Wildman–Crippen LogP) is 5.52. The first kappa shape index (κ1) is 21.9. The van der Waals surface area contributed by atoms with Gasteiger partial charge in [0, 0.05) is 6.42 Å². The third-order valence-electron chi connectivity index (χ3n) is 4.33. The number of alkyl halides is 3. The van der Waals surface area contributed by atoms with E-state index in [1.54, 1.807) is 0 Å². The maximum absolute atomic E-state index is 13.4. The van der Waals surface area contributed by atoms with Crippen molar-refractivity contribution in [3.63, 3.8) is 0 Å². The second kappa shape index (κ2) is 8.95. The predicted molar refractivity (Wildman–Crippen MR) is 107 cm³/mol. The number of nitrogens with two attached hydrogens (primary N) is 1. The van der Waals surface area contributed by atoms with Crippen molar-refractivity contribution in [1.82, 2.24) is 0 Å². The Kier molecular flexibility index (Phi) is 6.33. The monoisotopic (exact) mass is 433 g/mol. The molecule has 0 heterocycles. The standard InChI is InChI=1S/C22H16F5N3O/c23-17-7-1-14(2-8-17)13-20(15-3-9-18(24)10-4-15)29-30(21(28)31)19-11-5-16(6-12-19)22(25,26)27/h1-12H,13H2,(H2,28,31)/b29-20-. The van der Waals surface area contributed by atoms with E-state index in [-0.39, 0.29) is 17.8 Å². The molecule has 2 amide bonds. The molecule has 0 saturated heterocycles. The van der Waals surface area contributed by atoms with E-state index in [2.05, 4.69) is 5.10 Å². The number of hydrogen-bond acceptors (Lipinski definition) is 2. The Hall–Kier alpha value is -3.75. The second-order valence-electron chi connectivity index (χ2n) is 6.55. The fourth-order valence-electron chi connectivity index (χ4n) is 2.78. The lowest BCUT2D eigenvalue weighted by molar-refractivity contribution is -0.137. The zero-order valence-corrected chi connectivity index (χ0v) is 15.9. The van der Waals surface area contributed by atoms with Gasteiger partial charge in [0.2, 0.25) is 0 Å². The van der Waals surface area contributed by atoms with Crippen LogP contribution in [-0.4, -0.2) is 11.7 Å². The minimum atomic E-state index is -4.54. The van der Waals surface area contributed by atoms with Gasteiger partial charge in [0.05, 0.1) is 17.0 Å². The number of amides is 2. The fourth-order valence-corrected chi connectivity index (χ4v) is 2.78. The van der Waals surface area contributed by atoms with E-state index in [4.69, 9.17) is 5.73 Å². The molecule has 4 nitrogen and oxygen atoms in total. The van der Waals surface area contributed by atoms with Crippen LogP contribution in [0.25, 0.3) is 0 Å². The molecule has 9 heteroatoms. The van der Waals surface area contributed by atoms with Gasteiger partial charge < -0.3 is 5.73 Å². The Morgan fingerprint density at radius 3 is 1.84 bits per heavy atom. The van der Waals surface area contributed by atoms with Crippen molar-refractivity contribution in [2.24, 2.45) is 10.8 Å². The molecule has 160 valence electrons. The number of hydrazone groups is 1. The van der Waals surface area contributed by atoms with E-state index in [1.165, 1.54) is 48.5 Å². The largest absolute Gasteiger partial charge is 0.416 e. The molecule has 0 atom stereocenters. The van der Waals surface area contributed by atoms with Crippen LogP contribution in [0.4, 0.5) is 32.4 Å². The van der Waals surface area contributed by atoms with Crippen molar-refractivity contribution in [1.29, 1.82) is 0 Å². The quantitative estimate of drug-likeness (QED) is 0.322. The minimum absolute atomic E-state index is 0.0132. The molecule has 0 bridgehead atoms. The molecule has 0 aliphatic rings. The first-order chi connectivity index (χ1) is 14.6. The Morgan fingerprint density at radius 2 is 1.35 bits per heavy atom. The van der Waals surface area contributed by atoms with E-state index in [0.717, 1.165) is 29.3 Å². The number of urea groups is 1. The number of hydrogen-bond donors (Lipinski definition) is 1. The number of benzene rings is 3. The lowest BCUT2D eigenvalue weighted by Gasteiger charge is -2.18. The van der Waals surface area contributed by atoms with Gasteiger partial charge in [0.25, 0.3) is 0 Å². The molecule has 0 saturated carbocycles. The summed E-state index contributed by atoms with van der Waals surface area (Å²) in [6.07, 6.45) is -4.42. The van der Waals surface area contributed by atoms with Gasteiger partial charge in [-0.1, -0.05) is 24.3 Å².